The maximum absolute atomic E-state index is 4.99. The van der Waals surface area contributed by atoms with Crippen molar-refractivity contribution in [3.05, 3.63) is 59.2 Å². The van der Waals surface area contributed by atoms with E-state index in [2.05, 4.69) is 87.4 Å². The number of aromatic nitrogens is 3. The van der Waals surface area contributed by atoms with Crippen LogP contribution in [0.3, 0.4) is 0 Å². The summed E-state index contributed by atoms with van der Waals surface area (Å²) in [5.74, 6) is 1.02. The van der Waals surface area contributed by atoms with Gasteiger partial charge in [0.1, 0.15) is 0 Å². The molecule has 4 nitrogen and oxygen atoms in total. The number of halogens is 1. The lowest BCUT2D eigenvalue weighted by Crippen LogP contribution is -3.11. The number of quaternary nitrogens is 1. The Morgan fingerprint density at radius 2 is 1.77 bits per heavy atom. The molecule has 0 bridgehead atoms. The number of benzene rings is 2. The van der Waals surface area contributed by atoms with Crippen LogP contribution in [0.5, 0.6) is 0 Å². The molecule has 4 rings (SSSR count). The number of likely N-dealkylation sites (N-methyl/N-ethyl adjacent to an activating group) is 1. The van der Waals surface area contributed by atoms with E-state index < -0.39 is 0 Å². The van der Waals surface area contributed by atoms with Crippen LogP contribution in [0.1, 0.15) is 13.8 Å². The minimum atomic E-state index is 0.975. The minimum Gasteiger partial charge on any atom is -0.334 e. The van der Waals surface area contributed by atoms with Crippen molar-refractivity contribution in [1.82, 2.24) is 14.0 Å². The van der Waals surface area contributed by atoms with Crippen molar-refractivity contribution >= 4 is 32.7 Å². The van der Waals surface area contributed by atoms with E-state index in [0.717, 1.165) is 47.7 Å². The first-order valence-electron chi connectivity index (χ1n) is 9.27. The fraction of sp³-hybridized carbons (Fsp3) is 0.286. The first-order valence-corrected chi connectivity index (χ1v) is 10.1. The molecule has 0 amide bonds. The Morgan fingerprint density at radius 3 is 2.50 bits per heavy atom. The van der Waals surface area contributed by atoms with Gasteiger partial charge in [-0.3, -0.25) is 4.40 Å². The van der Waals surface area contributed by atoms with Crippen LogP contribution in [0.2, 0.25) is 0 Å². The van der Waals surface area contributed by atoms with Gasteiger partial charge in [-0.1, -0.05) is 40.2 Å². The summed E-state index contributed by atoms with van der Waals surface area (Å²) in [6, 6.07) is 16.9. The predicted molar refractivity (Wildman–Crippen MR) is 111 cm³/mol. The molecule has 0 radical (unpaired) electrons. The summed E-state index contributed by atoms with van der Waals surface area (Å²) in [5.41, 5.74) is 4.61. The molecule has 0 saturated carbocycles. The Bertz CT molecular complexity index is 1040. The second kappa shape index (κ2) is 7.25. The fourth-order valence-electron chi connectivity index (χ4n) is 3.62. The highest BCUT2D eigenvalue weighted by Crippen LogP contribution is 2.26. The Labute approximate surface area is 162 Å². The van der Waals surface area contributed by atoms with Crippen molar-refractivity contribution in [2.45, 2.75) is 20.4 Å². The van der Waals surface area contributed by atoms with E-state index in [1.54, 1.807) is 4.90 Å². The van der Waals surface area contributed by atoms with E-state index >= 15 is 0 Å². The Balaban J connectivity index is 1.82. The van der Waals surface area contributed by atoms with Gasteiger partial charge >= 0.3 is 0 Å². The molecule has 2 heterocycles. The number of imidazole rings is 2. The third-order valence-corrected chi connectivity index (χ3v) is 5.66. The third-order valence-electron chi connectivity index (χ3n) is 5.17. The Hall–Kier alpha value is -2.11. The molecular formula is C21H24BrN4+. The monoisotopic (exact) mass is 411 g/mol. The maximum atomic E-state index is 4.99. The number of nitrogens with one attached hydrogen (secondary N) is 1. The lowest BCUT2D eigenvalue weighted by Gasteiger charge is -2.15. The SMILES string of the molecule is CC[NH+](CC)CCn1c2ccccc2n2cc(-c3cccc(Br)c3)nc12. The van der Waals surface area contributed by atoms with Crippen LogP contribution in [-0.4, -0.2) is 33.6 Å². The molecule has 4 aromatic rings. The quantitative estimate of drug-likeness (QED) is 0.514. The molecular weight excluding hydrogens is 388 g/mol. The lowest BCUT2D eigenvalue weighted by atomic mass is 10.2. The summed E-state index contributed by atoms with van der Waals surface area (Å²) < 4.78 is 5.66. The topological polar surface area (TPSA) is 26.7 Å². The zero-order chi connectivity index (χ0) is 18.1. The summed E-state index contributed by atoms with van der Waals surface area (Å²) >= 11 is 3.56. The highest BCUT2D eigenvalue weighted by molar-refractivity contribution is 9.10. The van der Waals surface area contributed by atoms with Gasteiger partial charge in [0.05, 0.1) is 42.9 Å². The van der Waals surface area contributed by atoms with Crippen molar-refractivity contribution in [3.63, 3.8) is 0 Å². The molecule has 1 N–H and O–H groups in total. The molecule has 5 heteroatoms. The summed E-state index contributed by atoms with van der Waals surface area (Å²) in [6.07, 6.45) is 2.15. The van der Waals surface area contributed by atoms with E-state index in [1.165, 1.54) is 11.0 Å². The molecule has 0 aliphatic carbocycles. The van der Waals surface area contributed by atoms with Crippen LogP contribution in [0.25, 0.3) is 28.1 Å². The normalized spacial score (nSPS) is 11.8. The average molecular weight is 412 g/mol. The number of rotatable bonds is 6. The molecule has 0 fully saturated rings. The second-order valence-corrected chi connectivity index (χ2v) is 7.57. The first kappa shape index (κ1) is 17.3. The highest BCUT2D eigenvalue weighted by Gasteiger charge is 2.15. The van der Waals surface area contributed by atoms with Crippen molar-refractivity contribution in [1.29, 1.82) is 0 Å². The van der Waals surface area contributed by atoms with Crippen molar-refractivity contribution in [2.75, 3.05) is 19.6 Å². The number of hydrogen-bond donors (Lipinski definition) is 1. The molecule has 26 heavy (non-hydrogen) atoms. The van der Waals surface area contributed by atoms with Crippen molar-refractivity contribution < 1.29 is 4.90 Å². The van der Waals surface area contributed by atoms with Gasteiger partial charge in [0.25, 0.3) is 0 Å². The summed E-state index contributed by atoms with van der Waals surface area (Å²) in [4.78, 5) is 6.60. The number of fused-ring (bicyclic) bond motifs is 3. The molecule has 0 saturated heterocycles. The van der Waals surface area contributed by atoms with Gasteiger partial charge in [0.2, 0.25) is 5.78 Å². The van der Waals surface area contributed by atoms with E-state index in [1.807, 2.05) is 6.07 Å². The molecule has 134 valence electrons. The van der Waals surface area contributed by atoms with Crippen LogP contribution in [-0.2, 0) is 6.54 Å². The van der Waals surface area contributed by atoms with E-state index in [9.17, 15) is 0 Å². The van der Waals surface area contributed by atoms with Crippen molar-refractivity contribution in [3.8, 4) is 11.3 Å². The van der Waals surface area contributed by atoms with Crippen molar-refractivity contribution in [2.24, 2.45) is 0 Å². The molecule has 0 unspecified atom stereocenters. The zero-order valence-corrected chi connectivity index (χ0v) is 16.8. The summed E-state index contributed by atoms with van der Waals surface area (Å²) in [5, 5.41) is 0. The van der Waals surface area contributed by atoms with Crippen LogP contribution in [0.15, 0.2) is 59.2 Å². The zero-order valence-electron chi connectivity index (χ0n) is 15.2. The van der Waals surface area contributed by atoms with Gasteiger partial charge in [-0.25, -0.2) is 4.98 Å². The van der Waals surface area contributed by atoms with E-state index in [4.69, 9.17) is 4.98 Å². The average Bonchev–Trinajstić information content (AvgIpc) is 3.21. The van der Waals surface area contributed by atoms with Gasteiger partial charge in [-0.15, -0.1) is 0 Å². The smallest absolute Gasteiger partial charge is 0.215 e. The van der Waals surface area contributed by atoms with Gasteiger partial charge in [-0.2, -0.15) is 0 Å². The summed E-state index contributed by atoms with van der Waals surface area (Å²) in [7, 11) is 0. The Kier molecular flexibility index (Phi) is 4.83. The van der Waals surface area contributed by atoms with E-state index in [0.29, 0.717) is 0 Å². The van der Waals surface area contributed by atoms with Crippen LogP contribution in [0.4, 0.5) is 0 Å². The standard InChI is InChI=1S/C21H23BrN4/c1-3-24(4-2)12-13-25-19-10-5-6-11-20(19)26-15-18(23-21(25)26)16-8-7-9-17(22)14-16/h5-11,14-15H,3-4,12-13H2,1-2H3/p+1. The molecule has 0 aliphatic rings. The Morgan fingerprint density at radius 1 is 1.00 bits per heavy atom. The molecule has 0 aliphatic heterocycles. The third kappa shape index (κ3) is 3.06. The highest BCUT2D eigenvalue weighted by atomic mass is 79.9. The molecule has 2 aromatic heterocycles. The van der Waals surface area contributed by atoms with Gasteiger partial charge < -0.3 is 9.47 Å². The summed E-state index contributed by atoms with van der Waals surface area (Å²) in [6.45, 7) is 8.91. The van der Waals surface area contributed by atoms with Gasteiger partial charge in [-0.05, 0) is 38.1 Å². The van der Waals surface area contributed by atoms with Gasteiger partial charge in [0, 0.05) is 16.2 Å². The maximum Gasteiger partial charge on any atom is 0.215 e. The van der Waals surface area contributed by atoms with Crippen LogP contribution < -0.4 is 4.90 Å². The second-order valence-electron chi connectivity index (χ2n) is 6.65. The van der Waals surface area contributed by atoms with Gasteiger partial charge in [0.15, 0.2) is 0 Å². The number of para-hydroxylation sites is 2. The molecule has 0 spiro atoms. The minimum absolute atomic E-state index is 0.975. The largest absolute Gasteiger partial charge is 0.334 e. The first-order chi connectivity index (χ1) is 12.7. The molecule has 2 aromatic carbocycles. The van der Waals surface area contributed by atoms with Crippen LogP contribution in [0, 0.1) is 0 Å². The van der Waals surface area contributed by atoms with E-state index in [-0.39, 0.29) is 0 Å². The van der Waals surface area contributed by atoms with Crippen LogP contribution >= 0.6 is 15.9 Å². The fourth-order valence-corrected chi connectivity index (χ4v) is 4.02. The molecule has 0 atom stereocenters. The predicted octanol–water partition coefficient (Wildman–Crippen LogP) is 3.64. The number of nitrogens with zero attached hydrogens (tertiary/aromatic N) is 3. The number of hydrogen-bond acceptors (Lipinski definition) is 1. The lowest BCUT2D eigenvalue weighted by molar-refractivity contribution is -0.897.